The van der Waals surface area contributed by atoms with Gasteiger partial charge in [-0.1, -0.05) is 30.3 Å². The lowest BCUT2D eigenvalue weighted by Gasteiger charge is -2.11. The number of hydrogen-bond acceptors (Lipinski definition) is 6. The minimum atomic E-state index is -0.370. The third kappa shape index (κ3) is 7.05. The van der Waals surface area contributed by atoms with Gasteiger partial charge in [0.1, 0.15) is 18.1 Å². The van der Waals surface area contributed by atoms with E-state index in [-0.39, 0.29) is 12.5 Å². The summed E-state index contributed by atoms with van der Waals surface area (Å²) in [6.45, 7) is 2.80. The first-order valence-corrected chi connectivity index (χ1v) is 10.2. The largest absolute Gasteiger partial charge is 0.494 e. The molecule has 0 radical (unpaired) electrons. The van der Waals surface area contributed by atoms with E-state index in [0.717, 1.165) is 16.9 Å². The smallest absolute Gasteiger partial charge is 0.277 e. The zero-order chi connectivity index (χ0) is 22.6. The van der Waals surface area contributed by atoms with E-state index in [1.165, 1.54) is 6.21 Å². The van der Waals surface area contributed by atoms with Crippen molar-refractivity contribution in [2.75, 3.05) is 20.3 Å². The Labute approximate surface area is 187 Å². The lowest BCUT2D eigenvalue weighted by Crippen LogP contribution is -2.24. The highest BCUT2D eigenvalue weighted by Gasteiger charge is 2.06. The number of hydrazone groups is 1. The first kappa shape index (κ1) is 22.7. The SMILES string of the molecule is CCOc1ccc(OCC(=O)N/N=C/c2ccc(OCc3ccccc3)c(OC)c2)cc1. The van der Waals surface area contributed by atoms with Crippen molar-refractivity contribution in [2.24, 2.45) is 5.10 Å². The number of rotatable bonds is 11. The number of methoxy groups -OCH3 is 1. The molecule has 0 aliphatic rings. The van der Waals surface area contributed by atoms with Gasteiger partial charge in [-0.05, 0) is 60.5 Å². The van der Waals surface area contributed by atoms with Crippen LogP contribution in [0.2, 0.25) is 0 Å². The molecular formula is C25H26N2O5. The summed E-state index contributed by atoms with van der Waals surface area (Å²) in [5, 5.41) is 3.97. The van der Waals surface area contributed by atoms with Gasteiger partial charge in [0.2, 0.25) is 0 Å². The molecule has 0 atom stereocenters. The van der Waals surface area contributed by atoms with E-state index in [0.29, 0.717) is 30.5 Å². The van der Waals surface area contributed by atoms with Gasteiger partial charge in [0, 0.05) is 0 Å². The summed E-state index contributed by atoms with van der Waals surface area (Å²) in [5.74, 6) is 2.16. The molecule has 166 valence electrons. The van der Waals surface area contributed by atoms with Crippen LogP contribution in [-0.4, -0.2) is 32.4 Å². The van der Waals surface area contributed by atoms with Crippen LogP contribution in [0.25, 0.3) is 0 Å². The molecule has 0 saturated heterocycles. The maximum Gasteiger partial charge on any atom is 0.277 e. The molecule has 3 aromatic rings. The number of hydrogen-bond donors (Lipinski definition) is 1. The first-order valence-electron chi connectivity index (χ1n) is 10.2. The molecule has 7 nitrogen and oxygen atoms in total. The summed E-state index contributed by atoms with van der Waals surface area (Å²) in [5.41, 5.74) is 4.26. The number of ether oxygens (including phenoxy) is 4. The standard InChI is InChI=1S/C25H26N2O5/c1-3-30-21-10-12-22(13-11-21)31-18-25(28)27-26-16-20-9-14-23(24(15-20)29-2)32-17-19-7-5-4-6-8-19/h4-16H,3,17-18H2,1-2H3,(H,27,28)/b26-16+. The van der Waals surface area contributed by atoms with Crippen molar-refractivity contribution in [3.05, 3.63) is 83.9 Å². The fourth-order valence-electron chi connectivity index (χ4n) is 2.78. The fraction of sp³-hybridized carbons (Fsp3) is 0.200. The second-order valence-electron chi connectivity index (χ2n) is 6.67. The summed E-state index contributed by atoms with van der Waals surface area (Å²) in [6, 6.07) is 22.4. The van der Waals surface area contributed by atoms with E-state index >= 15 is 0 Å². The maximum absolute atomic E-state index is 12.0. The lowest BCUT2D eigenvalue weighted by atomic mass is 10.2. The van der Waals surface area contributed by atoms with Gasteiger partial charge in [-0.2, -0.15) is 5.10 Å². The van der Waals surface area contributed by atoms with E-state index in [9.17, 15) is 4.79 Å². The van der Waals surface area contributed by atoms with Gasteiger partial charge in [-0.15, -0.1) is 0 Å². The van der Waals surface area contributed by atoms with Crippen LogP contribution in [0.1, 0.15) is 18.1 Å². The molecule has 0 fully saturated rings. The fourth-order valence-corrected chi connectivity index (χ4v) is 2.78. The van der Waals surface area contributed by atoms with Crippen LogP contribution in [0.4, 0.5) is 0 Å². The Morgan fingerprint density at radius 2 is 1.62 bits per heavy atom. The number of nitrogens with one attached hydrogen (secondary N) is 1. The van der Waals surface area contributed by atoms with Crippen molar-refractivity contribution in [1.29, 1.82) is 0 Å². The molecule has 1 amide bonds. The molecule has 0 saturated carbocycles. The van der Waals surface area contributed by atoms with Crippen molar-refractivity contribution >= 4 is 12.1 Å². The average molecular weight is 434 g/mol. The molecule has 0 aliphatic carbocycles. The summed E-state index contributed by atoms with van der Waals surface area (Å²) in [6.07, 6.45) is 1.53. The van der Waals surface area contributed by atoms with Crippen molar-refractivity contribution in [3.63, 3.8) is 0 Å². The van der Waals surface area contributed by atoms with Crippen LogP contribution < -0.4 is 24.4 Å². The van der Waals surface area contributed by atoms with Crippen LogP contribution in [0.15, 0.2) is 77.9 Å². The van der Waals surface area contributed by atoms with Crippen LogP contribution in [0.3, 0.4) is 0 Å². The maximum atomic E-state index is 12.0. The van der Waals surface area contributed by atoms with E-state index in [4.69, 9.17) is 18.9 Å². The highest BCUT2D eigenvalue weighted by Crippen LogP contribution is 2.28. The zero-order valence-corrected chi connectivity index (χ0v) is 18.1. The van der Waals surface area contributed by atoms with Gasteiger partial charge in [0.15, 0.2) is 18.1 Å². The van der Waals surface area contributed by atoms with Crippen LogP contribution in [0.5, 0.6) is 23.0 Å². The van der Waals surface area contributed by atoms with Crippen LogP contribution in [-0.2, 0) is 11.4 Å². The van der Waals surface area contributed by atoms with Gasteiger partial charge >= 0.3 is 0 Å². The van der Waals surface area contributed by atoms with E-state index in [1.54, 1.807) is 43.5 Å². The zero-order valence-electron chi connectivity index (χ0n) is 18.1. The molecule has 0 aliphatic heterocycles. The summed E-state index contributed by atoms with van der Waals surface area (Å²) >= 11 is 0. The molecule has 0 unspecified atom stereocenters. The van der Waals surface area contributed by atoms with E-state index < -0.39 is 0 Å². The monoisotopic (exact) mass is 434 g/mol. The molecule has 3 aromatic carbocycles. The second kappa shape index (κ2) is 12.0. The molecule has 32 heavy (non-hydrogen) atoms. The van der Waals surface area contributed by atoms with Gasteiger partial charge in [0.25, 0.3) is 5.91 Å². The Bertz CT molecular complexity index is 1020. The predicted octanol–water partition coefficient (Wildman–Crippen LogP) is 4.20. The molecular weight excluding hydrogens is 408 g/mol. The normalized spacial score (nSPS) is 10.6. The molecule has 7 heteroatoms. The Hall–Kier alpha value is -4.00. The van der Waals surface area contributed by atoms with Gasteiger partial charge in [-0.3, -0.25) is 4.79 Å². The topological polar surface area (TPSA) is 78.4 Å². The molecule has 1 N–H and O–H groups in total. The average Bonchev–Trinajstić information content (AvgIpc) is 2.83. The third-order valence-corrected chi connectivity index (χ3v) is 4.33. The second-order valence-corrected chi connectivity index (χ2v) is 6.67. The van der Waals surface area contributed by atoms with Crippen molar-refractivity contribution in [3.8, 4) is 23.0 Å². The third-order valence-electron chi connectivity index (χ3n) is 4.33. The molecule has 0 spiro atoms. The van der Waals surface area contributed by atoms with Gasteiger partial charge in [-0.25, -0.2) is 5.43 Å². The number of nitrogens with zero attached hydrogens (tertiary/aromatic N) is 1. The van der Waals surface area contributed by atoms with Crippen LogP contribution >= 0.6 is 0 Å². The molecule has 0 heterocycles. The van der Waals surface area contributed by atoms with Gasteiger partial charge in [0.05, 0.1) is 19.9 Å². The molecule has 0 bridgehead atoms. The molecule has 3 rings (SSSR count). The van der Waals surface area contributed by atoms with Crippen molar-refractivity contribution in [1.82, 2.24) is 5.43 Å². The first-order chi connectivity index (χ1) is 15.7. The van der Waals surface area contributed by atoms with E-state index in [2.05, 4.69) is 10.5 Å². The van der Waals surface area contributed by atoms with E-state index in [1.807, 2.05) is 43.3 Å². The van der Waals surface area contributed by atoms with Crippen molar-refractivity contribution < 1.29 is 23.7 Å². The number of amides is 1. The highest BCUT2D eigenvalue weighted by molar-refractivity contribution is 5.83. The van der Waals surface area contributed by atoms with Crippen LogP contribution in [0, 0.1) is 0 Å². The molecule has 0 aromatic heterocycles. The lowest BCUT2D eigenvalue weighted by molar-refractivity contribution is -0.123. The van der Waals surface area contributed by atoms with Crippen molar-refractivity contribution in [2.45, 2.75) is 13.5 Å². The number of carbonyl (C=O) groups excluding carboxylic acids is 1. The summed E-state index contributed by atoms with van der Waals surface area (Å²) in [7, 11) is 1.58. The Morgan fingerprint density at radius 1 is 0.906 bits per heavy atom. The number of carbonyl (C=O) groups is 1. The Kier molecular flexibility index (Phi) is 8.50. The minimum absolute atomic E-state index is 0.152. The van der Waals surface area contributed by atoms with Gasteiger partial charge < -0.3 is 18.9 Å². The highest BCUT2D eigenvalue weighted by atomic mass is 16.5. The summed E-state index contributed by atoms with van der Waals surface area (Å²) in [4.78, 5) is 12.0. The predicted molar refractivity (Wildman–Crippen MR) is 123 cm³/mol. The summed E-state index contributed by atoms with van der Waals surface area (Å²) < 4.78 is 22.1. The Balaban J connectivity index is 1.48. The minimum Gasteiger partial charge on any atom is -0.494 e. The number of benzene rings is 3. The quantitative estimate of drug-likeness (QED) is 0.361. The Morgan fingerprint density at radius 3 is 2.31 bits per heavy atom.